The van der Waals surface area contributed by atoms with E-state index in [-0.39, 0.29) is 4.90 Å². The lowest BCUT2D eigenvalue weighted by Gasteiger charge is -2.14. The predicted octanol–water partition coefficient (Wildman–Crippen LogP) is 2.80. The molecule has 0 spiro atoms. The van der Waals surface area contributed by atoms with Gasteiger partial charge in [-0.15, -0.1) is 0 Å². The lowest BCUT2D eigenvalue weighted by atomic mass is 10.2. The smallest absolute Gasteiger partial charge is 0.242 e. The maximum Gasteiger partial charge on any atom is 0.242 e. The third kappa shape index (κ3) is 3.94. The van der Waals surface area contributed by atoms with Crippen molar-refractivity contribution in [1.29, 1.82) is 0 Å². The molecule has 0 bridgehead atoms. The van der Waals surface area contributed by atoms with Crippen LogP contribution in [0, 0.1) is 0 Å². The zero-order valence-electron chi connectivity index (χ0n) is 11.8. The summed E-state index contributed by atoms with van der Waals surface area (Å²) in [4.78, 5) is 0.209. The first kappa shape index (κ1) is 16.2. The van der Waals surface area contributed by atoms with Crippen LogP contribution in [0.2, 0.25) is 0 Å². The second kappa shape index (κ2) is 6.74. The molecule has 0 amide bonds. The van der Waals surface area contributed by atoms with Crippen LogP contribution in [-0.2, 0) is 16.6 Å². The number of rotatable bonds is 6. The molecule has 1 unspecified atom stereocenters. The van der Waals surface area contributed by atoms with Crippen LogP contribution in [0.1, 0.15) is 24.3 Å². The molecule has 21 heavy (non-hydrogen) atoms. The molecule has 0 saturated heterocycles. The summed E-state index contributed by atoms with van der Waals surface area (Å²) >= 11 is 3.32. The van der Waals surface area contributed by atoms with Crippen molar-refractivity contribution in [3.8, 4) is 0 Å². The third-order valence-electron chi connectivity index (χ3n) is 2.97. The van der Waals surface area contributed by atoms with Crippen molar-refractivity contribution in [2.45, 2.75) is 24.4 Å². The number of hydrogen-bond donors (Lipinski definition) is 2. The van der Waals surface area contributed by atoms with Gasteiger partial charge in [-0.2, -0.15) is 0 Å². The Bertz CT molecular complexity index is 699. The monoisotopic (exact) mass is 372 g/mol. The Kier molecular flexibility index (Phi) is 5.21. The summed E-state index contributed by atoms with van der Waals surface area (Å²) in [6.07, 6.45) is 1.52. The molecule has 2 rings (SSSR count). The average Bonchev–Trinajstić information content (AvgIpc) is 2.92. The van der Waals surface area contributed by atoms with Crippen LogP contribution in [0.25, 0.3) is 0 Å². The highest BCUT2D eigenvalue weighted by Gasteiger charge is 2.22. The molecule has 2 N–H and O–H groups in total. The largest absolute Gasteiger partial charge is 0.468 e. The Morgan fingerprint density at radius 3 is 2.67 bits per heavy atom. The van der Waals surface area contributed by atoms with Crippen molar-refractivity contribution in [3.63, 3.8) is 0 Å². The van der Waals surface area contributed by atoms with Crippen LogP contribution in [0.15, 0.2) is 50.4 Å². The lowest BCUT2D eigenvalue weighted by molar-refractivity contribution is 0.459. The first-order chi connectivity index (χ1) is 9.94. The summed E-state index contributed by atoms with van der Waals surface area (Å²) in [5.74, 6) is 0.571. The molecule has 0 aliphatic rings. The van der Waals surface area contributed by atoms with E-state index in [9.17, 15) is 8.42 Å². The van der Waals surface area contributed by atoms with Gasteiger partial charge < -0.3 is 9.73 Å². The van der Waals surface area contributed by atoms with Gasteiger partial charge >= 0.3 is 0 Å². The standard InChI is InChI=1S/C14H17BrN2O3S/c1-10(13-4-3-7-20-13)17-21(18,19)14-6-5-11(9-16-2)8-12(14)15/h3-8,10,16-17H,9H2,1-2H3. The van der Waals surface area contributed by atoms with Gasteiger partial charge in [0.1, 0.15) is 5.76 Å². The van der Waals surface area contributed by atoms with Gasteiger partial charge in [-0.25, -0.2) is 13.1 Å². The second-order valence-corrected chi connectivity index (χ2v) is 7.19. The quantitative estimate of drug-likeness (QED) is 0.817. The second-order valence-electron chi connectivity index (χ2n) is 4.65. The van der Waals surface area contributed by atoms with Crippen LogP contribution in [0.3, 0.4) is 0 Å². The van der Waals surface area contributed by atoms with E-state index in [2.05, 4.69) is 26.0 Å². The average molecular weight is 373 g/mol. The molecule has 1 heterocycles. The van der Waals surface area contributed by atoms with Gasteiger partial charge in [0.15, 0.2) is 0 Å². The van der Waals surface area contributed by atoms with Crippen molar-refractivity contribution >= 4 is 26.0 Å². The lowest BCUT2D eigenvalue weighted by Crippen LogP contribution is -2.27. The van der Waals surface area contributed by atoms with Crippen LogP contribution >= 0.6 is 15.9 Å². The number of hydrogen-bond acceptors (Lipinski definition) is 4. The highest BCUT2D eigenvalue weighted by atomic mass is 79.9. The van der Waals surface area contributed by atoms with E-state index in [0.29, 0.717) is 16.8 Å². The Hall–Kier alpha value is -1.15. The summed E-state index contributed by atoms with van der Waals surface area (Å²) in [6, 6.07) is 8.19. The molecule has 0 aliphatic carbocycles. The Balaban J connectivity index is 2.23. The molecule has 5 nitrogen and oxygen atoms in total. The fraction of sp³-hybridized carbons (Fsp3) is 0.286. The van der Waals surface area contributed by atoms with Crippen molar-refractivity contribution in [1.82, 2.24) is 10.0 Å². The Morgan fingerprint density at radius 2 is 2.10 bits per heavy atom. The summed E-state index contributed by atoms with van der Waals surface area (Å²) < 4.78 is 33.2. The minimum absolute atomic E-state index is 0.209. The highest BCUT2D eigenvalue weighted by Crippen LogP contribution is 2.25. The van der Waals surface area contributed by atoms with Gasteiger partial charge in [-0.1, -0.05) is 6.07 Å². The van der Waals surface area contributed by atoms with Crippen molar-refractivity contribution in [2.24, 2.45) is 0 Å². The molecule has 1 aromatic carbocycles. The van der Waals surface area contributed by atoms with Crippen LogP contribution in [-0.4, -0.2) is 15.5 Å². The maximum atomic E-state index is 12.4. The molecule has 0 saturated carbocycles. The SMILES string of the molecule is CNCc1ccc(S(=O)(=O)NC(C)c2ccco2)c(Br)c1. The van der Waals surface area contributed by atoms with E-state index in [0.717, 1.165) is 5.56 Å². The van der Waals surface area contributed by atoms with E-state index in [4.69, 9.17) is 4.42 Å². The van der Waals surface area contributed by atoms with E-state index < -0.39 is 16.1 Å². The maximum absolute atomic E-state index is 12.4. The number of nitrogens with one attached hydrogen (secondary N) is 2. The molecule has 2 aromatic rings. The molecule has 0 fully saturated rings. The summed E-state index contributed by atoms with van der Waals surface area (Å²) in [7, 11) is -1.79. The molecular weight excluding hydrogens is 356 g/mol. The first-order valence-corrected chi connectivity index (χ1v) is 8.70. The molecule has 114 valence electrons. The molecule has 1 atom stereocenters. The molecular formula is C14H17BrN2O3S. The third-order valence-corrected chi connectivity index (χ3v) is 5.49. The van der Waals surface area contributed by atoms with Crippen molar-refractivity contribution in [3.05, 3.63) is 52.4 Å². The van der Waals surface area contributed by atoms with Crippen LogP contribution in [0.4, 0.5) is 0 Å². The van der Waals surface area contributed by atoms with Crippen LogP contribution < -0.4 is 10.0 Å². The normalized spacial score (nSPS) is 13.3. The summed E-state index contributed by atoms with van der Waals surface area (Å²) in [6.45, 7) is 2.41. The first-order valence-electron chi connectivity index (χ1n) is 6.43. The minimum atomic E-state index is -3.63. The predicted molar refractivity (Wildman–Crippen MR) is 84.4 cm³/mol. The summed E-state index contributed by atoms with van der Waals surface area (Å²) in [5.41, 5.74) is 1.00. The number of furan rings is 1. The van der Waals surface area contributed by atoms with Gasteiger partial charge in [0, 0.05) is 11.0 Å². The fourth-order valence-electron chi connectivity index (χ4n) is 1.97. The van der Waals surface area contributed by atoms with Crippen molar-refractivity contribution in [2.75, 3.05) is 7.05 Å². The Morgan fingerprint density at radius 1 is 1.33 bits per heavy atom. The van der Waals surface area contributed by atoms with Gasteiger partial charge in [0.05, 0.1) is 17.2 Å². The summed E-state index contributed by atoms with van der Waals surface area (Å²) in [5, 5.41) is 3.02. The van der Waals surface area contributed by atoms with E-state index >= 15 is 0 Å². The van der Waals surface area contributed by atoms with E-state index in [1.54, 1.807) is 37.3 Å². The molecule has 1 aromatic heterocycles. The van der Waals surface area contributed by atoms with E-state index in [1.807, 2.05) is 7.05 Å². The highest BCUT2D eigenvalue weighted by molar-refractivity contribution is 9.10. The minimum Gasteiger partial charge on any atom is -0.468 e. The molecule has 0 aliphatic heterocycles. The fourth-order valence-corrected chi connectivity index (χ4v) is 4.31. The van der Waals surface area contributed by atoms with Gasteiger partial charge in [-0.3, -0.25) is 0 Å². The zero-order chi connectivity index (χ0) is 15.5. The topological polar surface area (TPSA) is 71.3 Å². The number of halogens is 1. The van der Waals surface area contributed by atoms with Gasteiger partial charge in [0.25, 0.3) is 0 Å². The molecule has 0 radical (unpaired) electrons. The van der Waals surface area contributed by atoms with Crippen molar-refractivity contribution < 1.29 is 12.8 Å². The molecule has 7 heteroatoms. The zero-order valence-corrected chi connectivity index (χ0v) is 14.2. The van der Waals surface area contributed by atoms with E-state index in [1.165, 1.54) is 6.26 Å². The number of benzene rings is 1. The van der Waals surface area contributed by atoms with Gasteiger partial charge in [0.2, 0.25) is 10.0 Å². The van der Waals surface area contributed by atoms with Crippen LogP contribution in [0.5, 0.6) is 0 Å². The Labute approximate surface area is 132 Å². The number of sulfonamides is 1. The van der Waals surface area contributed by atoms with Gasteiger partial charge in [-0.05, 0) is 59.7 Å².